The fourth-order valence-corrected chi connectivity index (χ4v) is 4.52. The zero-order chi connectivity index (χ0) is 19.8. The molecule has 1 aromatic rings. The lowest BCUT2D eigenvalue weighted by atomic mass is 9.99. The summed E-state index contributed by atoms with van der Waals surface area (Å²) in [6.45, 7) is 9.05. The summed E-state index contributed by atoms with van der Waals surface area (Å²) in [5.74, 6) is 2.06. The molecule has 5 nitrogen and oxygen atoms in total. The maximum Gasteiger partial charge on any atom is 0.222 e. The van der Waals surface area contributed by atoms with Crippen LogP contribution in [0.25, 0.3) is 0 Å². The molecule has 2 unspecified atom stereocenters. The molecule has 6 heteroatoms. The Morgan fingerprint density at radius 3 is 2.69 bits per heavy atom. The van der Waals surface area contributed by atoms with Crippen molar-refractivity contribution in [1.29, 1.82) is 0 Å². The number of benzene rings is 1. The van der Waals surface area contributed by atoms with Crippen LogP contribution in [0.3, 0.4) is 0 Å². The van der Waals surface area contributed by atoms with Gasteiger partial charge in [0.1, 0.15) is 0 Å². The molecule has 1 aromatic carbocycles. The molecule has 1 amide bonds. The van der Waals surface area contributed by atoms with Gasteiger partial charge in [0.05, 0.1) is 0 Å². The monoisotopic (exact) mass is 512 g/mol. The highest BCUT2D eigenvalue weighted by atomic mass is 127. The zero-order valence-corrected chi connectivity index (χ0v) is 20.3. The molecule has 0 saturated carbocycles. The Balaban J connectivity index is 0.00000300. The van der Waals surface area contributed by atoms with Gasteiger partial charge in [0, 0.05) is 45.2 Å². The number of aliphatic imine (C=N–C) groups is 1. The summed E-state index contributed by atoms with van der Waals surface area (Å²) in [5.41, 5.74) is 1.43. The van der Waals surface area contributed by atoms with E-state index >= 15 is 0 Å². The van der Waals surface area contributed by atoms with Crippen molar-refractivity contribution in [3.63, 3.8) is 0 Å². The van der Waals surface area contributed by atoms with E-state index in [0.717, 1.165) is 70.8 Å². The van der Waals surface area contributed by atoms with Gasteiger partial charge in [-0.2, -0.15) is 0 Å². The van der Waals surface area contributed by atoms with E-state index in [-0.39, 0.29) is 24.0 Å². The van der Waals surface area contributed by atoms with Crippen LogP contribution in [0.1, 0.15) is 51.5 Å². The largest absolute Gasteiger partial charge is 0.357 e. The molecule has 2 fully saturated rings. The first kappa shape index (κ1) is 24.0. The fourth-order valence-electron chi connectivity index (χ4n) is 4.52. The first-order valence-corrected chi connectivity index (χ1v) is 11.1. The van der Waals surface area contributed by atoms with Gasteiger partial charge in [0.25, 0.3) is 0 Å². The van der Waals surface area contributed by atoms with Gasteiger partial charge in [-0.1, -0.05) is 37.3 Å². The number of nitrogens with one attached hydrogen (secondary N) is 1. The molecule has 2 atom stereocenters. The molecule has 3 rings (SSSR count). The second-order valence-electron chi connectivity index (χ2n) is 8.07. The van der Waals surface area contributed by atoms with Crippen molar-refractivity contribution in [2.45, 2.75) is 58.4 Å². The maximum absolute atomic E-state index is 12.0. The van der Waals surface area contributed by atoms with Gasteiger partial charge in [-0.25, -0.2) is 0 Å². The van der Waals surface area contributed by atoms with Crippen LogP contribution < -0.4 is 5.32 Å². The van der Waals surface area contributed by atoms with Gasteiger partial charge in [0.2, 0.25) is 5.91 Å². The number of carbonyl (C=O) groups excluding carboxylic acids is 1. The molecule has 0 aromatic heterocycles. The van der Waals surface area contributed by atoms with Gasteiger partial charge in [0.15, 0.2) is 5.96 Å². The highest BCUT2D eigenvalue weighted by Crippen LogP contribution is 2.21. The minimum atomic E-state index is 0. The Bertz CT molecular complexity index is 652. The summed E-state index contributed by atoms with van der Waals surface area (Å²) >= 11 is 0. The van der Waals surface area contributed by atoms with Gasteiger partial charge in [-0.15, -0.1) is 24.0 Å². The van der Waals surface area contributed by atoms with Gasteiger partial charge in [-0.3, -0.25) is 9.79 Å². The maximum atomic E-state index is 12.0. The Labute approximate surface area is 193 Å². The third-order valence-corrected chi connectivity index (χ3v) is 6.03. The Kier molecular flexibility index (Phi) is 10.2. The summed E-state index contributed by atoms with van der Waals surface area (Å²) in [5, 5.41) is 3.47. The molecule has 29 heavy (non-hydrogen) atoms. The third kappa shape index (κ3) is 6.86. The van der Waals surface area contributed by atoms with Crippen LogP contribution in [0.5, 0.6) is 0 Å². The minimum absolute atomic E-state index is 0. The van der Waals surface area contributed by atoms with E-state index in [1.807, 2.05) is 0 Å². The molecule has 1 N–H and O–H groups in total. The van der Waals surface area contributed by atoms with Crippen LogP contribution in [0.4, 0.5) is 0 Å². The van der Waals surface area contributed by atoms with Crippen molar-refractivity contribution < 1.29 is 4.79 Å². The molecule has 2 heterocycles. The van der Waals surface area contributed by atoms with Crippen molar-refractivity contribution in [3.8, 4) is 0 Å². The van der Waals surface area contributed by atoms with E-state index in [1.165, 1.54) is 12.0 Å². The number of likely N-dealkylation sites (tertiary alicyclic amines) is 2. The van der Waals surface area contributed by atoms with Crippen LogP contribution in [0.2, 0.25) is 0 Å². The second kappa shape index (κ2) is 12.4. The predicted octanol–water partition coefficient (Wildman–Crippen LogP) is 3.93. The molecule has 2 aliphatic heterocycles. The molecule has 0 aliphatic carbocycles. The van der Waals surface area contributed by atoms with Crippen molar-refractivity contribution >= 4 is 35.8 Å². The molecule has 0 bridgehead atoms. The number of carbonyl (C=O) groups is 1. The van der Waals surface area contributed by atoms with Crippen molar-refractivity contribution in [2.75, 3.05) is 32.7 Å². The van der Waals surface area contributed by atoms with Crippen LogP contribution in [0, 0.1) is 5.92 Å². The van der Waals surface area contributed by atoms with E-state index in [0.29, 0.717) is 17.9 Å². The number of nitrogens with zero attached hydrogens (tertiary/aromatic N) is 3. The van der Waals surface area contributed by atoms with Crippen molar-refractivity contribution in [2.24, 2.45) is 10.9 Å². The Hall–Kier alpha value is -1.31. The smallest absolute Gasteiger partial charge is 0.222 e. The molecule has 2 saturated heterocycles. The standard InChI is InChI=1S/C23H36N4O.HI/c1-3-21(27-15-8-11-22(27)28)12-14-25-23(24-4-2)26-16-13-20(18-26)17-19-9-6-5-7-10-19;/h5-7,9-10,20-21H,3-4,8,11-18H2,1-2H3,(H,24,25);1H. The van der Waals surface area contributed by atoms with Crippen LogP contribution in [-0.4, -0.2) is 60.4 Å². The average Bonchev–Trinajstić information content (AvgIpc) is 3.34. The summed E-state index contributed by atoms with van der Waals surface area (Å²) in [4.78, 5) is 21.4. The van der Waals surface area contributed by atoms with Gasteiger partial charge < -0.3 is 15.1 Å². The van der Waals surface area contributed by atoms with E-state index < -0.39 is 0 Å². The summed E-state index contributed by atoms with van der Waals surface area (Å²) in [6.07, 6.45) is 6.07. The number of amides is 1. The fraction of sp³-hybridized carbons (Fsp3) is 0.652. The number of halogens is 1. The zero-order valence-electron chi connectivity index (χ0n) is 18.0. The predicted molar refractivity (Wildman–Crippen MR) is 131 cm³/mol. The lowest BCUT2D eigenvalue weighted by Crippen LogP contribution is -2.41. The highest BCUT2D eigenvalue weighted by molar-refractivity contribution is 14.0. The first-order chi connectivity index (χ1) is 13.7. The highest BCUT2D eigenvalue weighted by Gasteiger charge is 2.27. The molecule has 2 aliphatic rings. The first-order valence-electron chi connectivity index (χ1n) is 11.1. The lowest BCUT2D eigenvalue weighted by Gasteiger charge is -2.27. The summed E-state index contributed by atoms with van der Waals surface area (Å²) in [6, 6.07) is 11.1. The summed E-state index contributed by atoms with van der Waals surface area (Å²) < 4.78 is 0. The number of hydrogen-bond donors (Lipinski definition) is 1. The minimum Gasteiger partial charge on any atom is -0.357 e. The van der Waals surface area contributed by atoms with Gasteiger partial charge in [-0.05, 0) is 50.5 Å². The van der Waals surface area contributed by atoms with Crippen LogP contribution in [-0.2, 0) is 11.2 Å². The normalized spacial score (nSPS) is 20.7. The third-order valence-electron chi connectivity index (χ3n) is 6.03. The van der Waals surface area contributed by atoms with E-state index in [2.05, 4.69) is 59.3 Å². The average molecular weight is 512 g/mol. The number of hydrogen-bond acceptors (Lipinski definition) is 2. The summed E-state index contributed by atoms with van der Waals surface area (Å²) in [7, 11) is 0. The van der Waals surface area contributed by atoms with Crippen molar-refractivity contribution in [3.05, 3.63) is 35.9 Å². The van der Waals surface area contributed by atoms with E-state index in [4.69, 9.17) is 4.99 Å². The van der Waals surface area contributed by atoms with Crippen molar-refractivity contribution in [1.82, 2.24) is 15.1 Å². The molecule has 0 radical (unpaired) electrons. The van der Waals surface area contributed by atoms with E-state index in [1.54, 1.807) is 0 Å². The Morgan fingerprint density at radius 1 is 1.24 bits per heavy atom. The second-order valence-corrected chi connectivity index (χ2v) is 8.07. The topological polar surface area (TPSA) is 47.9 Å². The van der Waals surface area contributed by atoms with Crippen LogP contribution in [0.15, 0.2) is 35.3 Å². The molecular weight excluding hydrogens is 475 g/mol. The number of rotatable bonds is 8. The SMILES string of the molecule is CCNC(=NCCC(CC)N1CCCC1=O)N1CCC(Cc2ccccc2)C1.I. The van der Waals surface area contributed by atoms with E-state index in [9.17, 15) is 4.79 Å². The van der Waals surface area contributed by atoms with Crippen LogP contribution >= 0.6 is 24.0 Å². The lowest BCUT2D eigenvalue weighted by molar-refractivity contribution is -0.129. The molecule has 162 valence electrons. The number of guanidine groups is 1. The molecule has 0 spiro atoms. The Morgan fingerprint density at radius 2 is 2.03 bits per heavy atom. The van der Waals surface area contributed by atoms with Gasteiger partial charge >= 0.3 is 0 Å². The molecular formula is C23H37IN4O. The quantitative estimate of drug-likeness (QED) is 0.326.